The van der Waals surface area contributed by atoms with E-state index < -0.39 is 25.1 Å². The lowest BCUT2D eigenvalue weighted by Crippen LogP contribution is -2.03. The molecular formula is C20H18N2O6S2. The third-order valence-electron chi connectivity index (χ3n) is 4.11. The second kappa shape index (κ2) is 8.28. The summed E-state index contributed by atoms with van der Waals surface area (Å²) in [5.41, 5.74) is 7.08. The number of rotatable bonds is 6. The zero-order valence-electron chi connectivity index (χ0n) is 15.4. The third-order valence-corrected chi connectivity index (χ3v) is 5.93. The van der Waals surface area contributed by atoms with Gasteiger partial charge in [0.05, 0.1) is 0 Å². The molecule has 156 valence electrons. The van der Waals surface area contributed by atoms with Crippen molar-refractivity contribution in [2.75, 3.05) is 11.1 Å². The first-order valence-electron chi connectivity index (χ1n) is 8.53. The highest BCUT2D eigenvalue weighted by Gasteiger charge is 2.17. The summed E-state index contributed by atoms with van der Waals surface area (Å²) in [5, 5.41) is 3.03. The molecule has 0 saturated heterocycles. The van der Waals surface area contributed by atoms with Crippen molar-refractivity contribution in [3.63, 3.8) is 0 Å². The van der Waals surface area contributed by atoms with Gasteiger partial charge in [0, 0.05) is 17.1 Å². The standard InChI is InChI=1S/C20H18N2O6S2/c21-16-10-8-14(19(12-16)29(23,24)25)6-7-15-9-11-18(13-20(15)30(26,27)28)22-17-4-2-1-3-5-17/h1-13,22H,21H2,(H,23,24,25)(H,26,27,28). The highest BCUT2D eigenvalue weighted by molar-refractivity contribution is 7.86. The summed E-state index contributed by atoms with van der Waals surface area (Å²) in [5.74, 6) is 0. The molecule has 0 heterocycles. The van der Waals surface area contributed by atoms with Crippen LogP contribution in [0.25, 0.3) is 12.2 Å². The number of hydrogen-bond acceptors (Lipinski definition) is 6. The van der Waals surface area contributed by atoms with E-state index in [9.17, 15) is 25.9 Å². The van der Waals surface area contributed by atoms with E-state index >= 15 is 0 Å². The molecule has 3 aromatic carbocycles. The molecule has 3 rings (SSSR count). The predicted octanol–water partition coefficient (Wildman–Crippen LogP) is 3.68. The van der Waals surface area contributed by atoms with Crippen LogP contribution in [0.4, 0.5) is 17.1 Å². The molecule has 0 aliphatic rings. The van der Waals surface area contributed by atoms with Crippen LogP contribution >= 0.6 is 0 Å². The fourth-order valence-electron chi connectivity index (χ4n) is 2.75. The quantitative estimate of drug-likeness (QED) is 0.255. The van der Waals surface area contributed by atoms with Gasteiger partial charge in [-0.2, -0.15) is 16.8 Å². The lowest BCUT2D eigenvalue weighted by atomic mass is 10.1. The van der Waals surface area contributed by atoms with Gasteiger partial charge in [0.1, 0.15) is 9.79 Å². The largest absolute Gasteiger partial charge is 0.399 e. The molecule has 0 bridgehead atoms. The van der Waals surface area contributed by atoms with Gasteiger partial charge in [0.2, 0.25) is 0 Å². The minimum atomic E-state index is -4.58. The molecule has 0 radical (unpaired) electrons. The predicted molar refractivity (Wildman–Crippen MR) is 116 cm³/mol. The van der Waals surface area contributed by atoms with E-state index in [0.29, 0.717) is 5.69 Å². The van der Waals surface area contributed by atoms with E-state index in [1.807, 2.05) is 18.2 Å². The van der Waals surface area contributed by atoms with Crippen LogP contribution in [0.3, 0.4) is 0 Å². The average Bonchev–Trinajstić information content (AvgIpc) is 2.67. The molecular weight excluding hydrogens is 428 g/mol. The van der Waals surface area contributed by atoms with Gasteiger partial charge in [-0.05, 0) is 47.5 Å². The van der Waals surface area contributed by atoms with Crippen molar-refractivity contribution in [1.82, 2.24) is 0 Å². The Balaban J connectivity index is 2.03. The van der Waals surface area contributed by atoms with Crippen molar-refractivity contribution in [3.8, 4) is 0 Å². The van der Waals surface area contributed by atoms with Gasteiger partial charge >= 0.3 is 0 Å². The Hall–Kier alpha value is -3.18. The summed E-state index contributed by atoms with van der Waals surface area (Å²) in [6.45, 7) is 0. The molecule has 10 heteroatoms. The molecule has 30 heavy (non-hydrogen) atoms. The van der Waals surface area contributed by atoms with E-state index in [1.54, 1.807) is 18.2 Å². The fraction of sp³-hybridized carbons (Fsp3) is 0. The van der Waals surface area contributed by atoms with Crippen molar-refractivity contribution in [3.05, 3.63) is 77.9 Å². The number of benzene rings is 3. The summed E-state index contributed by atoms with van der Waals surface area (Å²) < 4.78 is 66.0. The maximum atomic E-state index is 11.9. The van der Waals surface area contributed by atoms with Crippen LogP contribution in [-0.2, 0) is 20.2 Å². The van der Waals surface area contributed by atoms with Crippen LogP contribution in [0.15, 0.2) is 76.5 Å². The molecule has 0 saturated carbocycles. The minimum Gasteiger partial charge on any atom is -0.399 e. The van der Waals surface area contributed by atoms with E-state index in [0.717, 1.165) is 11.8 Å². The third kappa shape index (κ3) is 5.24. The number of hydrogen-bond donors (Lipinski definition) is 4. The summed E-state index contributed by atoms with van der Waals surface area (Å²) in [4.78, 5) is -0.793. The van der Waals surface area contributed by atoms with Crippen molar-refractivity contribution < 1.29 is 25.9 Å². The fourth-order valence-corrected chi connectivity index (χ4v) is 4.18. The molecule has 0 unspecified atom stereocenters. The minimum absolute atomic E-state index is 0.0967. The number of nitrogens with one attached hydrogen (secondary N) is 1. The van der Waals surface area contributed by atoms with Gasteiger partial charge in [-0.1, -0.05) is 42.5 Å². The molecule has 0 atom stereocenters. The van der Waals surface area contributed by atoms with Gasteiger partial charge in [0.15, 0.2) is 0 Å². The Morgan fingerprint density at radius 1 is 0.700 bits per heavy atom. The van der Waals surface area contributed by atoms with Crippen LogP contribution in [0, 0.1) is 0 Å². The van der Waals surface area contributed by atoms with Crippen LogP contribution in [0.2, 0.25) is 0 Å². The normalized spacial score (nSPS) is 12.2. The Bertz CT molecular complexity index is 1320. The second-order valence-electron chi connectivity index (χ2n) is 6.32. The van der Waals surface area contributed by atoms with E-state index in [2.05, 4.69) is 5.32 Å². The molecule has 0 aliphatic heterocycles. The molecule has 0 fully saturated rings. The monoisotopic (exact) mass is 446 g/mol. The summed E-state index contributed by atoms with van der Waals surface area (Å²) in [6, 6.07) is 17.2. The first kappa shape index (κ1) is 21.5. The van der Waals surface area contributed by atoms with Gasteiger partial charge in [-0.3, -0.25) is 9.11 Å². The molecule has 8 nitrogen and oxygen atoms in total. The summed E-state index contributed by atoms with van der Waals surface area (Å²) >= 11 is 0. The lowest BCUT2D eigenvalue weighted by Gasteiger charge is -2.10. The molecule has 0 amide bonds. The number of para-hydroxylation sites is 1. The smallest absolute Gasteiger partial charge is 0.295 e. The molecule has 5 N–H and O–H groups in total. The Kier molecular flexibility index (Phi) is 5.94. The van der Waals surface area contributed by atoms with E-state index in [4.69, 9.17) is 5.73 Å². The van der Waals surface area contributed by atoms with Crippen molar-refractivity contribution in [2.45, 2.75) is 9.79 Å². The highest BCUT2D eigenvalue weighted by Crippen LogP contribution is 2.26. The average molecular weight is 447 g/mol. The Morgan fingerprint density at radius 3 is 1.80 bits per heavy atom. The van der Waals surface area contributed by atoms with Crippen LogP contribution < -0.4 is 11.1 Å². The summed E-state index contributed by atoms with van der Waals surface area (Å²) in [7, 11) is -9.13. The number of anilines is 3. The zero-order valence-corrected chi connectivity index (χ0v) is 17.1. The topological polar surface area (TPSA) is 147 Å². The van der Waals surface area contributed by atoms with Crippen molar-refractivity contribution >= 4 is 49.5 Å². The van der Waals surface area contributed by atoms with Crippen LogP contribution in [-0.4, -0.2) is 25.9 Å². The van der Waals surface area contributed by atoms with E-state index in [-0.39, 0.29) is 21.7 Å². The lowest BCUT2D eigenvalue weighted by molar-refractivity contribution is 0.480. The van der Waals surface area contributed by atoms with Gasteiger partial charge in [-0.25, -0.2) is 0 Å². The van der Waals surface area contributed by atoms with Crippen molar-refractivity contribution in [2.24, 2.45) is 0 Å². The molecule has 0 aliphatic carbocycles. The maximum absolute atomic E-state index is 11.9. The van der Waals surface area contributed by atoms with Crippen molar-refractivity contribution in [1.29, 1.82) is 0 Å². The van der Waals surface area contributed by atoms with Gasteiger partial charge < -0.3 is 11.1 Å². The van der Waals surface area contributed by atoms with Gasteiger partial charge in [0.25, 0.3) is 20.2 Å². The number of nitrogen functional groups attached to an aromatic ring is 1. The molecule has 0 aromatic heterocycles. The SMILES string of the molecule is Nc1ccc(C=Cc2ccc(Nc3ccccc3)cc2S(=O)(=O)O)c(S(=O)(=O)O)c1. The molecule has 0 spiro atoms. The second-order valence-corrected chi connectivity index (χ2v) is 9.10. The first-order valence-corrected chi connectivity index (χ1v) is 11.4. The Morgan fingerprint density at radius 2 is 1.23 bits per heavy atom. The van der Waals surface area contributed by atoms with E-state index in [1.165, 1.54) is 36.4 Å². The van der Waals surface area contributed by atoms with Crippen LogP contribution in [0.1, 0.15) is 11.1 Å². The first-order chi connectivity index (χ1) is 14.0. The maximum Gasteiger partial charge on any atom is 0.295 e. The summed E-state index contributed by atoms with van der Waals surface area (Å²) in [6.07, 6.45) is 2.62. The highest BCUT2D eigenvalue weighted by atomic mass is 32.2. The Labute approximate surface area is 174 Å². The van der Waals surface area contributed by atoms with Crippen LogP contribution in [0.5, 0.6) is 0 Å². The number of nitrogens with two attached hydrogens (primary N) is 1. The molecule has 3 aromatic rings. The zero-order chi connectivity index (χ0) is 21.9. The van der Waals surface area contributed by atoms with Gasteiger partial charge in [-0.15, -0.1) is 0 Å².